The maximum atomic E-state index is 12.7. The summed E-state index contributed by atoms with van der Waals surface area (Å²) in [5.74, 6) is 1.63. The fourth-order valence-electron chi connectivity index (χ4n) is 3.54. The molecule has 3 aromatic rings. The standard InChI is InChI=1S/C24H25N3O4/c1-27-13-12-25-24(27)23(17-6-3-2-4-7-17)26-22(29)11-9-19(28)18-8-10-20-21(16-18)31-15-5-14-30-20/h2-4,6-8,10,12-13,16,23H,5,9,11,14-15H2,1H3,(H,26,29)/t23-/m1/s1. The van der Waals surface area contributed by atoms with Gasteiger partial charge < -0.3 is 19.4 Å². The number of amides is 1. The lowest BCUT2D eigenvalue weighted by Gasteiger charge is -2.19. The van der Waals surface area contributed by atoms with Crippen molar-refractivity contribution in [1.82, 2.24) is 14.9 Å². The molecule has 4 rings (SSSR count). The second-order valence-corrected chi connectivity index (χ2v) is 7.44. The van der Waals surface area contributed by atoms with E-state index in [2.05, 4.69) is 10.3 Å². The maximum Gasteiger partial charge on any atom is 0.221 e. The van der Waals surface area contributed by atoms with Gasteiger partial charge in [-0.05, 0) is 23.8 Å². The Morgan fingerprint density at radius 2 is 1.84 bits per heavy atom. The minimum Gasteiger partial charge on any atom is -0.490 e. The molecule has 0 aliphatic carbocycles. The van der Waals surface area contributed by atoms with E-state index in [4.69, 9.17) is 9.47 Å². The molecule has 7 nitrogen and oxygen atoms in total. The second kappa shape index (κ2) is 9.47. The van der Waals surface area contributed by atoms with Gasteiger partial charge in [0, 0.05) is 44.3 Å². The molecule has 2 heterocycles. The molecule has 0 bridgehead atoms. The molecule has 1 aliphatic heterocycles. The first-order chi connectivity index (χ1) is 15.1. The molecule has 31 heavy (non-hydrogen) atoms. The number of Topliss-reactive ketones (excluding diaryl/α,β-unsaturated/α-hetero) is 1. The zero-order valence-corrected chi connectivity index (χ0v) is 17.4. The summed E-state index contributed by atoms with van der Waals surface area (Å²) in [7, 11) is 1.89. The molecule has 0 saturated heterocycles. The molecule has 7 heteroatoms. The van der Waals surface area contributed by atoms with Crippen LogP contribution in [0.2, 0.25) is 0 Å². The number of hydrogen-bond acceptors (Lipinski definition) is 5. The predicted octanol–water partition coefficient (Wildman–Crippen LogP) is 3.45. The van der Waals surface area contributed by atoms with E-state index in [1.165, 1.54) is 0 Å². The Kier molecular flexibility index (Phi) is 6.31. The lowest BCUT2D eigenvalue weighted by Crippen LogP contribution is -2.31. The van der Waals surface area contributed by atoms with Gasteiger partial charge in [-0.2, -0.15) is 0 Å². The number of aryl methyl sites for hydroxylation is 1. The van der Waals surface area contributed by atoms with E-state index in [1.54, 1.807) is 24.4 Å². The first-order valence-electron chi connectivity index (χ1n) is 10.4. The lowest BCUT2D eigenvalue weighted by molar-refractivity contribution is -0.121. The average Bonchev–Trinajstić information content (AvgIpc) is 3.07. The molecule has 0 spiro atoms. The summed E-state index contributed by atoms with van der Waals surface area (Å²) in [5, 5.41) is 3.02. The number of benzene rings is 2. The van der Waals surface area contributed by atoms with Crippen LogP contribution in [0.25, 0.3) is 0 Å². The number of aromatic nitrogens is 2. The zero-order chi connectivity index (χ0) is 21.6. The third-order valence-electron chi connectivity index (χ3n) is 5.20. The summed E-state index contributed by atoms with van der Waals surface area (Å²) in [5.41, 5.74) is 1.44. The molecule has 1 N–H and O–H groups in total. The van der Waals surface area contributed by atoms with Gasteiger partial charge in [0.1, 0.15) is 11.9 Å². The normalized spacial score (nSPS) is 13.8. The molecule has 1 aromatic heterocycles. The molecule has 1 atom stereocenters. The zero-order valence-electron chi connectivity index (χ0n) is 17.4. The molecule has 1 amide bonds. The Morgan fingerprint density at radius 3 is 2.58 bits per heavy atom. The number of carbonyl (C=O) groups excluding carboxylic acids is 2. The number of nitrogens with zero attached hydrogens (tertiary/aromatic N) is 2. The van der Waals surface area contributed by atoms with E-state index in [9.17, 15) is 9.59 Å². The van der Waals surface area contributed by atoms with E-state index in [-0.39, 0.29) is 30.6 Å². The number of imidazole rings is 1. The van der Waals surface area contributed by atoms with Crippen LogP contribution in [0.4, 0.5) is 0 Å². The van der Waals surface area contributed by atoms with Crippen LogP contribution >= 0.6 is 0 Å². The van der Waals surface area contributed by atoms with Crippen LogP contribution in [-0.4, -0.2) is 34.5 Å². The number of carbonyl (C=O) groups is 2. The van der Waals surface area contributed by atoms with Crippen molar-refractivity contribution in [3.05, 3.63) is 77.9 Å². The van der Waals surface area contributed by atoms with Crippen molar-refractivity contribution in [1.29, 1.82) is 0 Å². The summed E-state index contributed by atoms with van der Waals surface area (Å²) >= 11 is 0. The van der Waals surface area contributed by atoms with E-state index < -0.39 is 0 Å². The lowest BCUT2D eigenvalue weighted by atomic mass is 10.0. The van der Waals surface area contributed by atoms with Crippen LogP contribution < -0.4 is 14.8 Å². The summed E-state index contributed by atoms with van der Waals surface area (Å²) in [4.78, 5) is 29.8. The van der Waals surface area contributed by atoms with E-state index in [0.29, 0.717) is 30.3 Å². The number of hydrogen-bond donors (Lipinski definition) is 1. The van der Waals surface area contributed by atoms with E-state index in [0.717, 1.165) is 17.8 Å². The third kappa shape index (κ3) is 4.94. The Morgan fingerprint density at radius 1 is 1.06 bits per heavy atom. The quantitative estimate of drug-likeness (QED) is 0.593. The second-order valence-electron chi connectivity index (χ2n) is 7.44. The first kappa shape index (κ1) is 20.7. The van der Waals surface area contributed by atoms with Gasteiger partial charge in [-0.3, -0.25) is 9.59 Å². The summed E-state index contributed by atoms with van der Waals surface area (Å²) in [6.07, 6.45) is 4.53. The number of ether oxygens (including phenoxy) is 2. The van der Waals surface area contributed by atoms with Crippen LogP contribution in [0.1, 0.15) is 47.1 Å². The SMILES string of the molecule is Cn1ccnc1[C@H](NC(=O)CCC(=O)c1ccc2c(c1)OCCCO2)c1ccccc1. The summed E-state index contributed by atoms with van der Waals surface area (Å²) in [6.45, 7) is 1.15. The van der Waals surface area contributed by atoms with Gasteiger partial charge in [-0.15, -0.1) is 0 Å². The third-order valence-corrected chi connectivity index (χ3v) is 5.20. The van der Waals surface area contributed by atoms with Gasteiger partial charge in [0.25, 0.3) is 0 Å². The monoisotopic (exact) mass is 419 g/mol. The Hall–Kier alpha value is -3.61. The van der Waals surface area contributed by atoms with Crippen molar-refractivity contribution in [3.8, 4) is 11.5 Å². The van der Waals surface area contributed by atoms with Gasteiger partial charge in [-0.25, -0.2) is 4.98 Å². The van der Waals surface area contributed by atoms with Gasteiger partial charge in [-0.1, -0.05) is 30.3 Å². The van der Waals surface area contributed by atoms with Crippen molar-refractivity contribution in [2.45, 2.75) is 25.3 Å². The Labute approximate surface area is 181 Å². The number of rotatable bonds is 7. The van der Waals surface area contributed by atoms with Crippen LogP contribution in [0.15, 0.2) is 60.9 Å². The molecule has 2 aromatic carbocycles. The summed E-state index contributed by atoms with van der Waals surface area (Å²) < 4.78 is 13.1. The van der Waals surface area contributed by atoms with Gasteiger partial charge in [0.05, 0.1) is 13.2 Å². The van der Waals surface area contributed by atoms with Crippen LogP contribution in [0.3, 0.4) is 0 Å². The Bertz CT molecular complexity index is 1060. The highest BCUT2D eigenvalue weighted by molar-refractivity contribution is 5.98. The molecule has 0 fully saturated rings. The van der Waals surface area contributed by atoms with Crippen molar-refractivity contribution >= 4 is 11.7 Å². The molecule has 1 aliphatic rings. The van der Waals surface area contributed by atoms with Crippen LogP contribution in [0.5, 0.6) is 11.5 Å². The minimum absolute atomic E-state index is 0.0844. The van der Waals surface area contributed by atoms with E-state index >= 15 is 0 Å². The molecule has 0 saturated carbocycles. The highest BCUT2D eigenvalue weighted by atomic mass is 16.5. The predicted molar refractivity (Wildman–Crippen MR) is 115 cm³/mol. The van der Waals surface area contributed by atoms with Gasteiger partial charge in [0.2, 0.25) is 5.91 Å². The fourth-order valence-corrected chi connectivity index (χ4v) is 3.54. The van der Waals surface area contributed by atoms with Crippen LogP contribution in [0, 0.1) is 0 Å². The highest BCUT2D eigenvalue weighted by Crippen LogP contribution is 2.31. The minimum atomic E-state index is -0.387. The van der Waals surface area contributed by atoms with Crippen molar-refractivity contribution in [2.75, 3.05) is 13.2 Å². The average molecular weight is 419 g/mol. The highest BCUT2D eigenvalue weighted by Gasteiger charge is 2.21. The first-order valence-corrected chi connectivity index (χ1v) is 10.4. The largest absolute Gasteiger partial charge is 0.490 e. The molecular weight excluding hydrogens is 394 g/mol. The van der Waals surface area contributed by atoms with Gasteiger partial charge >= 0.3 is 0 Å². The number of fused-ring (bicyclic) bond motifs is 1. The van der Waals surface area contributed by atoms with Crippen molar-refractivity contribution in [3.63, 3.8) is 0 Å². The molecule has 0 radical (unpaired) electrons. The van der Waals surface area contributed by atoms with E-state index in [1.807, 2.05) is 48.1 Å². The topological polar surface area (TPSA) is 82.5 Å². The number of ketones is 1. The smallest absolute Gasteiger partial charge is 0.221 e. The van der Waals surface area contributed by atoms with Crippen molar-refractivity contribution < 1.29 is 19.1 Å². The maximum absolute atomic E-state index is 12.7. The van der Waals surface area contributed by atoms with Crippen LogP contribution in [-0.2, 0) is 11.8 Å². The fraction of sp³-hybridized carbons (Fsp3) is 0.292. The Balaban J connectivity index is 1.41. The molecule has 160 valence electrons. The number of nitrogens with one attached hydrogen (secondary N) is 1. The van der Waals surface area contributed by atoms with Gasteiger partial charge in [0.15, 0.2) is 17.3 Å². The van der Waals surface area contributed by atoms with Crippen molar-refractivity contribution in [2.24, 2.45) is 7.05 Å². The summed E-state index contributed by atoms with van der Waals surface area (Å²) in [6, 6.07) is 14.4. The molecule has 0 unspecified atom stereocenters. The molecular formula is C24H25N3O4.